The first-order valence-corrected chi connectivity index (χ1v) is 16.2. The zero-order valence-electron chi connectivity index (χ0n) is 26.2. The monoisotopic (exact) mass is 544 g/mol. The molecule has 0 heterocycles. The number of aryl methyl sites for hydroxylation is 1. The number of rotatable bonds is 23. The summed E-state index contributed by atoms with van der Waals surface area (Å²) in [4.78, 5) is 25.0. The van der Waals surface area contributed by atoms with Crippen molar-refractivity contribution in [3.63, 3.8) is 0 Å². The Morgan fingerprint density at radius 3 is 1.31 bits per heavy atom. The van der Waals surface area contributed by atoms with Crippen molar-refractivity contribution < 1.29 is 19.8 Å². The first-order valence-electron chi connectivity index (χ1n) is 16.2. The topological polar surface area (TPSA) is 74.6 Å². The third kappa shape index (κ3) is 14.9. The largest absolute Gasteiger partial charge is 0.478 e. The van der Waals surface area contributed by atoms with Crippen LogP contribution in [0.5, 0.6) is 0 Å². The van der Waals surface area contributed by atoms with Crippen LogP contribution < -0.4 is 0 Å². The molecule has 4 heteroatoms. The normalized spacial score (nSPS) is 11.7. The predicted octanol–water partition coefficient (Wildman–Crippen LogP) is 10.5. The second-order valence-corrected chi connectivity index (χ2v) is 13.1. The molecular weight excluding hydrogens is 484 g/mol. The smallest absolute Gasteiger partial charge is 0.336 e. The molecule has 0 aliphatic carbocycles. The third-order valence-electron chi connectivity index (χ3n) is 7.97. The molecular formula is C35H60O4. The third-order valence-corrected chi connectivity index (χ3v) is 7.97. The molecule has 224 valence electrons. The van der Waals surface area contributed by atoms with E-state index in [0.717, 1.165) is 74.8 Å². The SMILES string of the molecule is CC(C)CCCCCCc1cc(C(=O)O)c(CCCCCCC(C)C)c(C(=O)O)c1CCCCCCC(C)C. The minimum atomic E-state index is -0.995. The summed E-state index contributed by atoms with van der Waals surface area (Å²) in [5, 5.41) is 20.5. The highest BCUT2D eigenvalue weighted by molar-refractivity contribution is 5.98. The van der Waals surface area contributed by atoms with Crippen LogP contribution in [-0.4, -0.2) is 22.2 Å². The standard InChI is InChI=1S/C35H60O4/c1-26(2)19-13-7-10-16-22-29-25-32(34(36)37)31(24-18-12-9-15-21-28(5)6)33(35(38)39)30(29)23-17-11-8-14-20-27(3)4/h25-28H,7-24H2,1-6H3,(H,36,37)(H,38,39). The van der Waals surface area contributed by atoms with Crippen LogP contribution in [0.3, 0.4) is 0 Å². The number of unbranched alkanes of at least 4 members (excludes halogenated alkanes) is 9. The second kappa shape index (κ2) is 20.1. The average Bonchev–Trinajstić information content (AvgIpc) is 2.84. The lowest BCUT2D eigenvalue weighted by atomic mass is 9.84. The van der Waals surface area contributed by atoms with Gasteiger partial charge in [0, 0.05) is 0 Å². The molecule has 0 saturated heterocycles. The zero-order chi connectivity index (χ0) is 29.2. The molecule has 0 fully saturated rings. The van der Waals surface area contributed by atoms with Crippen molar-refractivity contribution in [3.8, 4) is 0 Å². The van der Waals surface area contributed by atoms with E-state index >= 15 is 0 Å². The van der Waals surface area contributed by atoms with Crippen molar-refractivity contribution >= 4 is 11.9 Å². The van der Waals surface area contributed by atoms with Gasteiger partial charge in [0.1, 0.15) is 0 Å². The van der Waals surface area contributed by atoms with E-state index in [1.165, 1.54) is 51.4 Å². The molecule has 39 heavy (non-hydrogen) atoms. The number of benzene rings is 1. The molecule has 4 nitrogen and oxygen atoms in total. The highest BCUT2D eigenvalue weighted by atomic mass is 16.4. The van der Waals surface area contributed by atoms with Gasteiger partial charge in [0.25, 0.3) is 0 Å². The highest BCUT2D eigenvalue weighted by Gasteiger charge is 2.25. The molecule has 0 aromatic heterocycles. The Kier molecular flexibility index (Phi) is 18.1. The minimum absolute atomic E-state index is 0.213. The quantitative estimate of drug-likeness (QED) is 0.134. The highest BCUT2D eigenvalue weighted by Crippen LogP contribution is 2.30. The van der Waals surface area contributed by atoms with Crippen LogP contribution in [0.15, 0.2) is 6.07 Å². The molecule has 0 unspecified atom stereocenters. The summed E-state index contributed by atoms with van der Waals surface area (Å²) in [6, 6.07) is 1.84. The van der Waals surface area contributed by atoms with Crippen LogP contribution in [0.1, 0.15) is 175 Å². The van der Waals surface area contributed by atoms with E-state index in [9.17, 15) is 19.8 Å². The molecule has 0 saturated carbocycles. The lowest BCUT2D eigenvalue weighted by Gasteiger charge is -2.20. The first kappa shape index (κ1) is 35.2. The molecule has 2 N–H and O–H groups in total. The predicted molar refractivity (Wildman–Crippen MR) is 165 cm³/mol. The molecule has 0 bridgehead atoms. The van der Waals surface area contributed by atoms with Gasteiger partial charge in [-0.1, -0.05) is 119 Å². The van der Waals surface area contributed by atoms with Gasteiger partial charge < -0.3 is 10.2 Å². The van der Waals surface area contributed by atoms with Gasteiger partial charge in [0.05, 0.1) is 11.1 Å². The van der Waals surface area contributed by atoms with Crippen LogP contribution >= 0.6 is 0 Å². The molecule has 0 aliphatic rings. The first-order chi connectivity index (χ1) is 18.5. The Balaban J connectivity index is 3.12. The van der Waals surface area contributed by atoms with Crippen molar-refractivity contribution in [2.45, 2.75) is 157 Å². The van der Waals surface area contributed by atoms with Crippen molar-refractivity contribution in [2.24, 2.45) is 17.8 Å². The molecule has 1 aromatic rings. The Hall–Kier alpha value is -1.84. The summed E-state index contributed by atoms with van der Waals surface area (Å²) in [6.07, 6.45) is 18.7. The fraction of sp³-hybridized carbons (Fsp3) is 0.771. The van der Waals surface area contributed by atoms with Crippen LogP contribution in [-0.2, 0) is 19.3 Å². The summed E-state index contributed by atoms with van der Waals surface area (Å²) in [5.41, 5.74) is 2.93. The van der Waals surface area contributed by atoms with Crippen molar-refractivity contribution in [2.75, 3.05) is 0 Å². The van der Waals surface area contributed by atoms with Gasteiger partial charge in [0.15, 0.2) is 0 Å². The maximum atomic E-state index is 12.7. The lowest BCUT2D eigenvalue weighted by Crippen LogP contribution is -2.16. The van der Waals surface area contributed by atoms with Crippen molar-refractivity contribution in [1.29, 1.82) is 0 Å². The van der Waals surface area contributed by atoms with Gasteiger partial charge in [-0.2, -0.15) is 0 Å². The van der Waals surface area contributed by atoms with E-state index in [0.29, 0.717) is 29.4 Å². The van der Waals surface area contributed by atoms with Gasteiger partial charge in [-0.05, 0) is 79.0 Å². The van der Waals surface area contributed by atoms with Crippen LogP contribution in [0, 0.1) is 17.8 Å². The Morgan fingerprint density at radius 2 is 0.923 bits per heavy atom. The Bertz CT molecular complexity index is 838. The number of carboxylic acid groups (broad SMARTS) is 2. The molecule has 0 amide bonds. The molecule has 0 radical (unpaired) electrons. The summed E-state index contributed by atoms with van der Waals surface area (Å²) in [7, 11) is 0. The van der Waals surface area contributed by atoms with E-state index in [2.05, 4.69) is 41.5 Å². The molecule has 0 aliphatic heterocycles. The maximum Gasteiger partial charge on any atom is 0.336 e. The van der Waals surface area contributed by atoms with E-state index in [1.54, 1.807) is 0 Å². The number of hydrogen-bond acceptors (Lipinski definition) is 2. The van der Waals surface area contributed by atoms with Crippen LogP contribution in [0.25, 0.3) is 0 Å². The second-order valence-electron chi connectivity index (χ2n) is 13.1. The number of carboxylic acids is 2. The maximum absolute atomic E-state index is 12.7. The minimum Gasteiger partial charge on any atom is -0.478 e. The number of aromatic carboxylic acids is 2. The van der Waals surface area contributed by atoms with Crippen molar-refractivity contribution in [3.05, 3.63) is 33.9 Å². The van der Waals surface area contributed by atoms with Gasteiger partial charge in [-0.25, -0.2) is 9.59 Å². The van der Waals surface area contributed by atoms with E-state index < -0.39 is 11.9 Å². The molecule has 0 atom stereocenters. The summed E-state index contributed by atoms with van der Waals surface area (Å²) >= 11 is 0. The molecule has 1 aromatic carbocycles. The van der Waals surface area contributed by atoms with Gasteiger partial charge in [0.2, 0.25) is 0 Å². The molecule has 0 spiro atoms. The van der Waals surface area contributed by atoms with E-state index in [4.69, 9.17) is 0 Å². The van der Waals surface area contributed by atoms with E-state index in [-0.39, 0.29) is 5.56 Å². The lowest BCUT2D eigenvalue weighted by molar-refractivity contribution is 0.0694. The Labute approximate surface area is 240 Å². The number of carbonyl (C=O) groups is 2. The number of hydrogen-bond donors (Lipinski definition) is 2. The fourth-order valence-electron chi connectivity index (χ4n) is 5.68. The van der Waals surface area contributed by atoms with Crippen LogP contribution in [0.2, 0.25) is 0 Å². The Morgan fingerprint density at radius 1 is 0.538 bits per heavy atom. The summed E-state index contributed by atoms with van der Waals surface area (Å²) in [5.74, 6) is 0.174. The summed E-state index contributed by atoms with van der Waals surface area (Å²) < 4.78 is 0. The average molecular weight is 545 g/mol. The van der Waals surface area contributed by atoms with Gasteiger partial charge in [-0.3, -0.25) is 0 Å². The molecule has 1 rings (SSSR count). The fourth-order valence-corrected chi connectivity index (χ4v) is 5.68. The van der Waals surface area contributed by atoms with Gasteiger partial charge >= 0.3 is 11.9 Å². The summed E-state index contributed by atoms with van der Waals surface area (Å²) in [6.45, 7) is 13.5. The zero-order valence-corrected chi connectivity index (χ0v) is 26.2. The van der Waals surface area contributed by atoms with Crippen LogP contribution in [0.4, 0.5) is 0 Å². The van der Waals surface area contributed by atoms with E-state index in [1.807, 2.05) is 6.07 Å². The van der Waals surface area contributed by atoms with Crippen molar-refractivity contribution in [1.82, 2.24) is 0 Å². The van der Waals surface area contributed by atoms with Gasteiger partial charge in [-0.15, -0.1) is 0 Å².